The lowest BCUT2D eigenvalue weighted by atomic mass is 10.1. The summed E-state index contributed by atoms with van der Waals surface area (Å²) in [5, 5.41) is 11.0. The van der Waals surface area contributed by atoms with Crippen LogP contribution in [0.15, 0.2) is 18.2 Å². The number of phenolic OH excluding ortho intramolecular Hbond substituents is 1. The molecule has 18 heavy (non-hydrogen) atoms. The third kappa shape index (κ3) is 2.80. The van der Waals surface area contributed by atoms with Gasteiger partial charge in [0.05, 0.1) is 5.56 Å². The van der Waals surface area contributed by atoms with Gasteiger partial charge < -0.3 is 10.0 Å². The van der Waals surface area contributed by atoms with Crippen molar-refractivity contribution in [3.8, 4) is 5.75 Å². The predicted molar refractivity (Wildman–Crippen MR) is 76.8 cm³/mol. The number of phenols is 1. The molecular weight excluding hydrogens is 246 g/mol. The Labute approximate surface area is 112 Å². The average molecular weight is 265 g/mol. The number of anilines is 1. The molecule has 0 aliphatic carbocycles. The number of hydrogen-bond acceptors (Lipinski definition) is 4. The van der Waals surface area contributed by atoms with E-state index in [9.17, 15) is 9.90 Å². The van der Waals surface area contributed by atoms with E-state index >= 15 is 0 Å². The van der Waals surface area contributed by atoms with Crippen LogP contribution in [0.5, 0.6) is 5.75 Å². The Bertz CT molecular complexity index is 451. The molecule has 0 amide bonds. The maximum Gasteiger partial charge on any atom is 0.163 e. The van der Waals surface area contributed by atoms with E-state index in [-0.39, 0.29) is 11.5 Å². The van der Waals surface area contributed by atoms with Gasteiger partial charge in [0.25, 0.3) is 0 Å². The van der Waals surface area contributed by atoms with Gasteiger partial charge in [0, 0.05) is 35.3 Å². The number of hydrogen-bond donors (Lipinski definition) is 1. The summed E-state index contributed by atoms with van der Waals surface area (Å²) in [5.74, 6) is -0.0199. The summed E-state index contributed by atoms with van der Waals surface area (Å²) >= 11 is 1.99. The van der Waals surface area contributed by atoms with Crippen molar-refractivity contribution in [2.75, 3.05) is 18.0 Å². The fourth-order valence-corrected chi connectivity index (χ4v) is 3.73. The lowest BCUT2D eigenvalue weighted by Gasteiger charge is -2.36. The first-order chi connectivity index (χ1) is 8.47. The van der Waals surface area contributed by atoms with Gasteiger partial charge in [0.15, 0.2) is 5.78 Å². The van der Waals surface area contributed by atoms with Crippen LogP contribution in [0.3, 0.4) is 0 Å². The number of carbonyl (C=O) groups excluding carboxylic acids is 1. The van der Waals surface area contributed by atoms with Gasteiger partial charge in [-0.3, -0.25) is 4.79 Å². The van der Waals surface area contributed by atoms with Gasteiger partial charge in [0.1, 0.15) is 5.75 Å². The Morgan fingerprint density at radius 2 is 1.94 bits per heavy atom. The first kappa shape index (κ1) is 13.3. The molecule has 0 radical (unpaired) electrons. The summed E-state index contributed by atoms with van der Waals surface area (Å²) in [6.07, 6.45) is 0. The van der Waals surface area contributed by atoms with Crippen molar-refractivity contribution in [1.29, 1.82) is 0 Å². The number of carbonyl (C=O) groups is 1. The van der Waals surface area contributed by atoms with E-state index in [1.807, 2.05) is 17.8 Å². The van der Waals surface area contributed by atoms with Crippen LogP contribution in [0.1, 0.15) is 31.1 Å². The molecule has 3 nitrogen and oxygen atoms in total. The molecule has 1 aliphatic rings. The summed E-state index contributed by atoms with van der Waals surface area (Å²) in [6, 6.07) is 5.34. The molecule has 2 atom stereocenters. The lowest BCUT2D eigenvalue weighted by molar-refractivity contribution is 0.101. The monoisotopic (exact) mass is 265 g/mol. The first-order valence-electron chi connectivity index (χ1n) is 6.21. The van der Waals surface area contributed by atoms with E-state index in [0.717, 1.165) is 18.8 Å². The minimum Gasteiger partial charge on any atom is -0.507 e. The highest BCUT2D eigenvalue weighted by Gasteiger charge is 2.23. The van der Waals surface area contributed by atoms with Crippen LogP contribution < -0.4 is 4.90 Å². The second-order valence-corrected chi connectivity index (χ2v) is 6.80. The second-order valence-electron chi connectivity index (χ2n) is 4.92. The molecule has 0 spiro atoms. The molecule has 98 valence electrons. The topological polar surface area (TPSA) is 40.5 Å². The maximum atomic E-state index is 11.3. The quantitative estimate of drug-likeness (QED) is 0.835. The van der Waals surface area contributed by atoms with Crippen LogP contribution in [-0.2, 0) is 0 Å². The fraction of sp³-hybridized carbons (Fsp3) is 0.500. The molecule has 1 fully saturated rings. The summed E-state index contributed by atoms with van der Waals surface area (Å²) in [5.41, 5.74) is 1.39. The zero-order valence-electron chi connectivity index (χ0n) is 11.0. The molecule has 1 N–H and O–H groups in total. The van der Waals surface area contributed by atoms with Gasteiger partial charge in [-0.25, -0.2) is 0 Å². The second kappa shape index (κ2) is 5.22. The van der Waals surface area contributed by atoms with E-state index in [1.165, 1.54) is 6.92 Å². The van der Waals surface area contributed by atoms with Crippen LogP contribution in [0.2, 0.25) is 0 Å². The average Bonchev–Trinajstić information content (AvgIpc) is 2.26. The van der Waals surface area contributed by atoms with Crippen molar-refractivity contribution in [2.45, 2.75) is 31.3 Å². The van der Waals surface area contributed by atoms with Gasteiger partial charge in [-0.05, 0) is 19.1 Å². The molecule has 4 heteroatoms. The molecule has 1 saturated heterocycles. The SMILES string of the molecule is CC(=O)c1ccc(N2CC(C)SC(C)C2)cc1O. The predicted octanol–water partition coefficient (Wildman–Crippen LogP) is 2.93. The minimum absolute atomic E-state index is 0.0820. The lowest BCUT2D eigenvalue weighted by Crippen LogP contribution is -2.40. The van der Waals surface area contributed by atoms with Gasteiger partial charge >= 0.3 is 0 Å². The number of nitrogens with zero attached hydrogens (tertiary/aromatic N) is 1. The Balaban J connectivity index is 2.23. The number of aromatic hydroxyl groups is 1. The number of Topliss-reactive ketones (excluding diaryl/α,β-unsaturated/α-hetero) is 1. The van der Waals surface area contributed by atoms with Crippen LogP contribution in [-0.4, -0.2) is 34.5 Å². The highest BCUT2D eigenvalue weighted by atomic mass is 32.2. The Morgan fingerprint density at radius 1 is 1.33 bits per heavy atom. The summed E-state index contributed by atoms with van der Waals surface area (Å²) < 4.78 is 0. The first-order valence-corrected chi connectivity index (χ1v) is 7.16. The van der Waals surface area contributed by atoms with Gasteiger partial charge in [-0.1, -0.05) is 13.8 Å². The van der Waals surface area contributed by atoms with Crippen molar-refractivity contribution < 1.29 is 9.90 Å². The molecule has 0 aromatic heterocycles. The highest BCUT2D eigenvalue weighted by molar-refractivity contribution is 8.00. The third-order valence-corrected chi connectivity index (χ3v) is 4.37. The summed E-state index contributed by atoms with van der Waals surface area (Å²) in [6.45, 7) is 7.87. The zero-order chi connectivity index (χ0) is 13.3. The van der Waals surface area contributed by atoms with Crippen LogP contribution in [0, 0.1) is 0 Å². The Kier molecular flexibility index (Phi) is 3.85. The standard InChI is InChI=1S/C14H19NO2S/c1-9-7-15(8-10(2)18-9)12-4-5-13(11(3)16)14(17)6-12/h4-6,9-10,17H,7-8H2,1-3H3. The van der Waals surface area contributed by atoms with Crippen LogP contribution in [0.4, 0.5) is 5.69 Å². The van der Waals surface area contributed by atoms with E-state index in [1.54, 1.807) is 12.1 Å². The molecule has 2 unspecified atom stereocenters. The van der Waals surface area contributed by atoms with E-state index in [0.29, 0.717) is 16.1 Å². The fourth-order valence-electron chi connectivity index (χ4n) is 2.40. The zero-order valence-corrected chi connectivity index (χ0v) is 11.8. The minimum atomic E-state index is -0.102. The molecule has 1 aromatic rings. The molecular formula is C14H19NO2S. The van der Waals surface area contributed by atoms with Crippen LogP contribution >= 0.6 is 11.8 Å². The van der Waals surface area contributed by atoms with E-state index < -0.39 is 0 Å². The number of thioether (sulfide) groups is 1. The molecule has 1 heterocycles. The maximum absolute atomic E-state index is 11.3. The highest BCUT2D eigenvalue weighted by Crippen LogP contribution is 2.31. The molecule has 1 aromatic carbocycles. The van der Waals surface area contributed by atoms with E-state index in [4.69, 9.17) is 0 Å². The van der Waals surface area contributed by atoms with E-state index in [2.05, 4.69) is 18.7 Å². The molecule has 0 saturated carbocycles. The Morgan fingerprint density at radius 3 is 2.44 bits per heavy atom. The van der Waals surface area contributed by atoms with Crippen molar-refractivity contribution in [2.24, 2.45) is 0 Å². The van der Waals surface area contributed by atoms with Crippen molar-refractivity contribution in [3.05, 3.63) is 23.8 Å². The smallest absolute Gasteiger partial charge is 0.163 e. The summed E-state index contributed by atoms with van der Waals surface area (Å²) in [4.78, 5) is 13.6. The number of rotatable bonds is 2. The normalized spacial score (nSPS) is 24.1. The van der Waals surface area contributed by atoms with Gasteiger partial charge in [-0.2, -0.15) is 11.8 Å². The largest absolute Gasteiger partial charge is 0.507 e. The van der Waals surface area contributed by atoms with Gasteiger partial charge in [0.2, 0.25) is 0 Å². The Hall–Kier alpha value is -1.16. The molecule has 1 aliphatic heterocycles. The van der Waals surface area contributed by atoms with Crippen molar-refractivity contribution >= 4 is 23.2 Å². The van der Waals surface area contributed by atoms with Gasteiger partial charge in [-0.15, -0.1) is 0 Å². The molecule has 2 rings (SSSR count). The van der Waals surface area contributed by atoms with Crippen LogP contribution in [0.25, 0.3) is 0 Å². The third-order valence-electron chi connectivity index (χ3n) is 3.15. The summed E-state index contributed by atoms with van der Waals surface area (Å²) in [7, 11) is 0. The van der Waals surface area contributed by atoms with Crippen molar-refractivity contribution in [3.63, 3.8) is 0 Å². The number of ketones is 1. The number of benzene rings is 1. The van der Waals surface area contributed by atoms with Crippen molar-refractivity contribution in [1.82, 2.24) is 0 Å². The molecule has 0 bridgehead atoms.